The molecular weight excluding hydrogens is 420 g/mol. The third kappa shape index (κ3) is 4.75. The van der Waals surface area contributed by atoms with E-state index in [1.165, 1.54) is 41.3 Å². The van der Waals surface area contributed by atoms with Gasteiger partial charge in [-0.25, -0.2) is 13.4 Å². The highest BCUT2D eigenvalue weighted by Gasteiger charge is 2.22. The van der Waals surface area contributed by atoms with E-state index >= 15 is 0 Å². The Bertz CT molecular complexity index is 1110. The van der Waals surface area contributed by atoms with Crippen molar-refractivity contribution in [1.82, 2.24) is 14.8 Å². The molecule has 0 aliphatic rings. The number of carbonyl (C=O) groups excluding carboxylic acids is 1. The third-order valence-electron chi connectivity index (χ3n) is 3.89. The lowest BCUT2D eigenvalue weighted by molar-refractivity contribution is -0.385. The van der Waals surface area contributed by atoms with Gasteiger partial charge < -0.3 is 5.32 Å². The zero-order valence-electron chi connectivity index (χ0n) is 15.0. The molecule has 1 aromatic carbocycles. The van der Waals surface area contributed by atoms with Crippen LogP contribution in [0.2, 0.25) is 0 Å². The van der Waals surface area contributed by atoms with E-state index in [-0.39, 0.29) is 15.7 Å². The van der Waals surface area contributed by atoms with Crippen molar-refractivity contribution in [3.63, 3.8) is 0 Å². The van der Waals surface area contributed by atoms with Crippen molar-refractivity contribution in [3.05, 3.63) is 58.4 Å². The average Bonchev–Trinajstić information content (AvgIpc) is 3.35. The van der Waals surface area contributed by atoms with Crippen LogP contribution in [-0.4, -0.2) is 34.0 Å². The molecule has 0 fully saturated rings. The maximum atomic E-state index is 12.5. The molecule has 0 bridgehead atoms. The number of benzene rings is 1. The number of aromatic nitrogens is 3. The zero-order chi connectivity index (χ0) is 21.0. The van der Waals surface area contributed by atoms with Crippen LogP contribution < -0.4 is 10.0 Å². The maximum Gasteiger partial charge on any atom is 0.307 e. The summed E-state index contributed by atoms with van der Waals surface area (Å²) in [7, 11) is -3.79. The van der Waals surface area contributed by atoms with Crippen LogP contribution in [0.3, 0.4) is 0 Å². The third-order valence-corrected chi connectivity index (χ3v) is 6.07. The number of hydrogen-bond acceptors (Lipinski definition) is 8. The molecule has 0 aliphatic heterocycles. The van der Waals surface area contributed by atoms with E-state index in [9.17, 15) is 23.3 Å². The summed E-state index contributed by atoms with van der Waals surface area (Å²) < 4.78 is 28.3. The van der Waals surface area contributed by atoms with Gasteiger partial charge in [-0.05, 0) is 30.7 Å². The predicted molar refractivity (Wildman–Crippen MR) is 106 cm³/mol. The van der Waals surface area contributed by atoms with Gasteiger partial charge >= 0.3 is 5.69 Å². The molecule has 1 atom stereocenters. The summed E-state index contributed by atoms with van der Waals surface area (Å²) in [5, 5.41) is 19.2. The Morgan fingerprint density at radius 3 is 2.62 bits per heavy atom. The molecule has 0 saturated heterocycles. The molecule has 1 amide bonds. The summed E-state index contributed by atoms with van der Waals surface area (Å²) in [6, 6.07) is 4.86. The molecule has 0 radical (unpaired) electrons. The van der Waals surface area contributed by atoms with Crippen molar-refractivity contribution in [3.8, 4) is 0 Å². The molecule has 1 unspecified atom stereocenters. The normalized spacial score (nSPS) is 12.3. The Balaban J connectivity index is 1.71. The summed E-state index contributed by atoms with van der Waals surface area (Å²) in [6.07, 6.45) is 4.10. The Morgan fingerprint density at radius 1 is 1.34 bits per heavy atom. The summed E-state index contributed by atoms with van der Waals surface area (Å²) in [4.78, 5) is 26.6. The van der Waals surface area contributed by atoms with Gasteiger partial charge in [0.15, 0.2) is 5.13 Å². The van der Waals surface area contributed by atoms with E-state index in [2.05, 4.69) is 20.1 Å². The van der Waals surface area contributed by atoms with Gasteiger partial charge in [0.05, 0.1) is 9.82 Å². The standard InChI is InChI=1S/C16H16N6O5S2/c1-2-14(21-10-12(9-18-21)22(24)25)15(23)19-11-3-5-13(6-4-11)29(26,27)20-16-17-7-8-28-16/h3-10,14H,2H2,1H3,(H,17,20)(H,19,23). The number of rotatable bonds is 8. The van der Waals surface area contributed by atoms with E-state index in [1.54, 1.807) is 12.3 Å². The Morgan fingerprint density at radius 2 is 2.07 bits per heavy atom. The first-order valence-corrected chi connectivity index (χ1v) is 10.7. The molecule has 2 aromatic heterocycles. The predicted octanol–water partition coefficient (Wildman–Crippen LogP) is 2.64. The minimum absolute atomic E-state index is 0.0143. The van der Waals surface area contributed by atoms with Crippen molar-refractivity contribution in [2.75, 3.05) is 10.0 Å². The van der Waals surface area contributed by atoms with Gasteiger partial charge in [-0.2, -0.15) is 5.10 Å². The molecule has 11 nitrogen and oxygen atoms in total. The summed E-state index contributed by atoms with van der Waals surface area (Å²) in [6.45, 7) is 1.75. The fourth-order valence-corrected chi connectivity index (χ4v) is 4.26. The minimum atomic E-state index is -3.79. The van der Waals surface area contributed by atoms with Crippen LogP contribution in [0.15, 0.2) is 53.1 Å². The van der Waals surface area contributed by atoms with E-state index in [0.717, 1.165) is 17.5 Å². The van der Waals surface area contributed by atoms with E-state index in [1.807, 2.05) is 0 Å². The topological polar surface area (TPSA) is 149 Å². The molecule has 152 valence electrons. The number of nitrogens with one attached hydrogen (secondary N) is 2. The Labute approximate surface area is 169 Å². The van der Waals surface area contributed by atoms with Crippen LogP contribution in [0, 0.1) is 10.1 Å². The SMILES string of the molecule is CCC(C(=O)Nc1ccc(S(=O)(=O)Nc2nccs2)cc1)n1cc([N+](=O)[O-])cn1. The van der Waals surface area contributed by atoms with Crippen LogP contribution in [0.5, 0.6) is 0 Å². The number of anilines is 2. The molecule has 2 heterocycles. The second kappa shape index (κ2) is 8.36. The summed E-state index contributed by atoms with van der Waals surface area (Å²) in [5.74, 6) is -0.429. The summed E-state index contributed by atoms with van der Waals surface area (Å²) >= 11 is 1.15. The van der Waals surface area contributed by atoms with Crippen molar-refractivity contribution in [1.29, 1.82) is 0 Å². The molecule has 0 saturated carbocycles. The molecule has 29 heavy (non-hydrogen) atoms. The fourth-order valence-electron chi connectivity index (χ4n) is 2.48. The Hall–Kier alpha value is -3.32. The zero-order valence-corrected chi connectivity index (χ0v) is 16.7. The number of carbonyl (C=O) groups is 1. The van der Waals surface area contributed by atoms with Gasteiger partial charge in [0.25, 0.3) is 10.0 Å². The second-order valence-corrected chi connectivity index (χ2v) is 8.39. The average molecular weight is 436 g/mol. The Kier molecular flexibility index (Phi) is 5.89. The number of hydrogen-bond donors (Lipinski definition) is 2. The van der Waals surface area contributed by atoms with E-state index in [4.69, 9.17) is 0 Å². The lowest BCUT2D eigenvalue weighted by atomic mass is 10.2. The number of nitrogens with zero attached hydrogens (tertiary/aromatic N) is 4. The van der Waals surface area contributed by atoms with Gasteiger partial charge in [-0.15, -0.1) is 11.3 Å². The van der Waals surface area contributed by atoms with Gasteiger partial charge in [0, 0.05) is 17.3 Å². The summed E-state index contributed by atoms with van der Waals surface area (Å²) in [5.41, 5.74) is 0.168. The van der Waals surface area contributed by atoms with Gasteiger partial charge in [0.1, 0.15) is 18.4 Å². The van der Waals surface area contributed by atoms with Gasteiger partial charge in [0.2, 0.25) is 5.91 Å². The lowest BCUT2D eigenvalue weighted by Crippen LogP contribution is -2.26. The first kappa shape index (κ1) is 20.4. The molecule has 2 N–H and O–H groups in total. The quantitative estimate of drug-likeness (QED) is 0.407. The maximum absolute atomic E-state index is 12.5. The van der Waals surface area contributed by atoms with Crippen LogP contribution >= 0.6 is 11.3 Å². The highest BCUT2D eigenvalue weighted by Crippen LogP contribution is 2.21. The molecule has 0 spiro atoms. The number of sulfonamides is 1. The fraction of sp³-hybridized carbons (Fsp3) is 0.188. The van der Waals surface area contributed by atoms with Crippen molar-refractivity contribution < 1.29 is 18.1 Å². The van der Waals surface area contributed by atoms with Gasteiger partial charge in [-0.3, -0.25) is 24.3 Å². The van der Waals surface area contributed by atoms with Crippen LogP contribution in [0.25, 0.3) is 0 Å². The largest absolute Gasteiger partial charge is 0.324 e. The first-order chi connectivity index (χ1) is 13.8. The van der Waals surface area contributed by atoms with Crippen molar-refractivity contribution in [2.24, 2.45) is 0 Å². The smallest absolute Gasteiger partial charge is 0.307 e. The van der Waals surface area contributed by atoms with Crippen molar-refractivity contribution >= 4 is 43.8 Å². The van der Waals surface area contributed by atoms with Crippen LogP contribution in [-0.2, 0) is 14.8 Å². The highest BCUT2D eigenvalue weighted by atomic mass is 32.2. The lowest BCUT2D eigenvalue weighted by Gasteiger charge is -2.15. The minimum Gasteiger partial charge on any atom is -0.324 e. The number of nitro groups is 1. The van der Waals surface area contributed by atoms with Crippen LogP contribution in [0.1, 0.15) is 19.4 Å². The molecule has 0 aliphatic carbocycles. The first-order valence-electron chi connectivity index (χ1n) is 8.32. The van der Waals surface area contributed by atoms with E-state index in [0.29, 0.717) is 12.1 Å². The second-order valence-electron chi connectivity index (χ2n) is 5.82. The monoisotopic (exact) mass is 436 g/mol. The van der Waals surface area contributed by atoms with Crippen LogP contribution in [0.4, 0.5) is 16.5 Å². The molecule has 3 aromatic rings. The number of amides is 1. The molecular formula is C16H16N6O5S2. The molecule has 13 heteroatoms. The van der Waals surface area contributed by atoms with E-state index < -0.39 is 26.9 Å². The highest BCUT2D eigenvalue weighted by molar-refractivity contribution is 7.93. The molecule has 3 rings (SSSR count). The number of thiazole rings is 1. The van der Waals surface area contributed by atoms with Gasteiger partial charge in [-0.1, -0.05) is 6.92 Å². The van der Waals surface area contributed by atoms with Crippen molar-refractivity contribution in [2.45, 2.75) is 24.3 Å².